The van der Waals surface area contributed by atoms with Crippen molar-refractivity contribution in [2.45, 2.75) is 71.4 Å². The van der Waals surface area contributed by atoms with Gasteiger partial charge in [0.1, 0.15) is 6.33 Å². The Labute approximate surface area is 221 Å². The van der Waals surface area contributed by atoms with Crippen LogP contribution in [0.1, 0.15) is 68.3 Å². The van der Waals surface area contributed by atoms with Gasteiger partial charge in [0.25, 0.3) is 17.4 Å². The fraction of sp³-hybridized carbons (Fsp3) is 0.481. The second-order valence-electron chi connectivity index (χ2n) is 9.06. The lowest BCUT2D eigenvalue weighted by molar-refractivity contribution is -0.137. The Morgan fingerprint density at radius 1 is 1.00 bits per heavy atom. The average molecular weight is 526 g/mol. The number of Topliss-reactive ketones (excluding diaryl/α,β-unsaturated/α-hetero) is 3. The second kappa shape index (κ2) is 15.3. The summed E-state index contributed by atoms with van der Waals surface area (Å²) in [4.78, 5) is 82.5. The molecule has 0 bridgehead atoms. The third-order valence-corrected chi connectivity index (χ3v) is 6.45. The first-order valence-corrected chi connectivity index (χ1v) is 12.7. The SMILES string of the molecule is CCC(CC)CCC(=O)Cn1cccc(CC(=O)[C@H](CCC(=O)C(=O)NC)NC(=O)c2cncnc2)c1=O. The number of nitrogens with zero attached hydrogens (tertiary/aromatic N) is 3. The number of nitrogens with one attached hydrogen (secondary N) is 2. The van der Waals surface area contributed by atoms with Crippen molar-refractivity contribution in [3.05, 3.63) is 58.5 Å². The average Bonchev–Trinajstić information content (AvgIpc) is 2.93. The van der Waals surface area contributed by atoms with Gasteiger partial charge in [-0.2, -0.15) is 0 Å². The van der Waals surface area contributed by atoms with E-state index in [1.807, 2.05) is 0 Å². The van der Waals surface area contributed by atoms with Crippen molar-refractivity contribution in [2.75, 3.05) is 7.05 Å². The van der Waals surface area contributed by atoms with E-state index in [1.165, 1.54) is 42.6 Å². The predicted molar refractivity (Wildman–Crippen MR) is 139 cm³/mol. The molecule has 2 N–H and O–H groups in total. The van der Waals surface area contributed by atoms with E-state index in [0.29, 0.717) is 12.3 Å². The van der Waals surface area contributed by atoms with Gasteiger partial charge >= 0.3 is 0 Å². The van der Waals surface area contributed by atoms with Crippen LogP contribution in [0.15, 0.2) is 41.8 Å². The van der Waals surface area contributed by atoms with Crippen LogP contribution in [-0.4, -0.2) is 56.8 Å². The molecule has 2 amide bonds. The first-order chi connectivity index (χ1) is 18.2. The Kier molecular flexibility index (Phi) is 12.1. The molecule has 2 heterocycles. The molecule has 0 unspecified atom stereocenters. The fourth-order valence-electron chi connectivity index (χ4n) is 3.99. The molecule has 0 aliphatic rings. The molecule has 2 aromatic rings. The van der Waals surface area contributed by atoms with Gasteiger partial charge in [-0.25, -0.2) is 9.97 Å². The summed E-state index contributed by atoms with van der Waals surface area (Å²) in [6, 6.07) is 1.93. The normalized spacial score (nSPS) is 11.6. The minimum absolute atomic E-state index is 0.0644. The van der Waals surface area contributed by atoms with Gasteiger partial charge in [0.05, 0.1) is 18.2 Å². The number of ketones is 3. The molecule has 2 rings (SSSR count). The van der Waals surface area contributed by atoms with Gasteiger partial charge < -0.3 is 15.2 Å². The highest BCUT2D eigenvalue weighted by Crippen LogP contribution is 2.15. The Bertz CT molecular complexity index is 1190. The summed E-state index contributed by atoms with van der Waals surface area (Å²) in [5.41, 5.74) is -0.207. The monoisotopic (exact) mass is 525 g/mol. The van der Waals surface area contributed by atoms with E-state index in [0.717, 1.165) is 19.3 Å². The highest BCUT2D eigenvalue weighted by molar-refractivity contribution is 6.36. The largest absolute Gasteiger partial charge is 0.353 e. The fourth-order valence-corrected chi connectivity index (χ4v) is 3.99. The molecular weight excluding hydrogens is 490 g/mol. The van der Waals surface area contributed by atoms with Crippen molar-refractivity contribution >= 4 is 29.2 Å². The van der Waals surface area contributed by atoms with Gasteiger partial charge in [0.2, 0.25) is 5.78 Å². The number of aromatic nitrogens is 3. The minimum atomic E-state index is -1.15. The standard InChI is InChI=1S/C27H35N5O6/c1-4-18(5-2)8-9-21(33)16-32-12-6-7-19(27(32)38)13-24(35)22(10-11-23(34)26(37)28-3)31-25(36)20-14-29-17-30-15-20/h6-7,12,14-15,17-18,22H,4-5,8-11,13,16H2,1-3H3,(H,28,37)(H,31,36)/t22-/m0/s1. The van der Waals surface area contributed by atoms with Gasteiger partial charge in [-0.1, -0.05) is 32.8 Å². The van der Waals surface area contributed by atoms with Crippen LogP contribution < -0.4 is 16.2 Å². The number of pyridine rings is 1. The lowest BCUT2D eigenvalue weighted by Gasteiger charge is -2.17. The molecule has 38 heavy (non-hydrogen) atoms. The summed E-state index contributed by atoms with van der Waals surface area (Å²) in [5, 5.41) is 4.78. The first-order valence-electron chi connectivity index (χ1n) is 12.7. The summed E-state index contributed by atoms with van der Waals surface area (Å²) in [5.74, 6) is -2.30. The highest BCUT2D eigenvalue weighted by atomic mass is 16.2. The van der Waals surface area contributed by atoms with Gasteiger partial charge in [-0.15, -0.1) is 0 Å². The summed E-state index contributed by atoms with van der Waals surface area (Å²) in [6.07, 6.45) is 7.67. The molecular formula is C27H35N5O6. The van der Waals surface area contributed by atoms with Crippen molar-refractivity contribution < 1.29 is 24.0 Å². The predicted octanol–water partition coefficient (Wildman–Crippen LogP) is 1.43. The summed E-state index contributed by atoms with van der Waals surface area (Å²) in [6.45, 7) is 4.08. The van der Waals surface area contributed by atoms with Crippen LogP contribution in [0.2, 0.25) is 0 Å². The van der Waals surface area contributed by atoms with E-state index in [9.17, 15) is 28.8 Å². The molecule has 0 saturated carbocycles. The zero-order valence-electron chi connectivity index (χ0n) is 22.1. The van der Waals surface area contributed by atoms with E-state index in [-0.39, 0.29) is 42.7 Å². The minimum Gasteiger partial charge on any atom is -0.353 e. The molecule has 0 fully saturated rings. The van der Waals surface area contributed by atoms with E-state index >= 15 is 0 Å². The number of hydrogen-bond donors (Lipinski definition) is 2. The molecule has 0 aliphatic heterocycles. The maximum Gasteiger partial charge on any atom is 0.287 e. The van der Waals surface area contributed by atoms with Crippen LogP contribution in [0, 0.1) is 5.92 Å². The summed E-state index contributed by atoms with van der Waals surface area (Å²) >= 11 is 0. The highest BCUT2D eigenvalue weighted by Gasteiger charge is 2.25. The van der Waals surface area contributed by atoms with Crippen LogP contribution in [0.25, 0.3) is 0 Å². The second-order valence-corrected chi connectivity index (χ2v) is 9.06. The van der Waals surface area contributed by atoms with E-state index in [2.05, 4.69) is 34.4 Å². The van der Waals surface area contributed by atoms with Crippen molar-refractivity contribution in [1.82, 2.24) is 25.2 Å². The van der Waals surface area contributed by atoms with Crippen LogP contribution >= 0.6 is 0 Å². The molecule has 2 aromatic heterocycles. The Morgan fingerprint density at radius 3 is 2.32 bits per heavy atom. The van der Waals surface area contributed by atoms with Crippen molar-refractivity contribution in [3.8, 4) is 0 Å². The zero-order chi connectivity index (χ0) is 28.1. The van der Waals surface area contributed by atoms with E-state index in [4.69, 9.17) is 0 Å². The maximum atomic E-state index is 13.2. The number of amides is 2. The van der Waals surface area contributed by atoms with Crippen molar-refractivity contribution in [3.63, 3.8) is 0 Å². The van der Waals surface area contributed by atoms with Gasteiger partial charge in [0.15, 0.2) is 11.6 Å². The molecule has 0 aliphatic carbocycles. The number of rotatable bonds is 16. The van der Waals surface area contributed by atoms with Crippen molar-refractivity contribution in [2.24, 2.45) is 5.92 Å². The van der Waals surface area contributed by atoms with Crippen molar-refractivity contribution in [1.29, 1.82) is 0 Å². The lowest BCUT2D eigenvalue weighted by atomic mass is 9.96. The topological polar surface area (TPSA) is 157 Å². The van der Waals surface area contributed by atoms with Gasteiger partial charge in [0, 0.05) is 50.5 Å². The zero-order valence-corrected chi connectivity index (χ0v) is 22.1. The molecule has 0 saturated heterocycles. The third kappa shape index (κ3) is 9.13. The molecule has 0 spiro atoms. The van der Waals surface area contributed by atoms with Crippen LogP contribution in [0.3, 0.4) is 0 Å². The summed E-state index contributed by atoms with van der Waals surface area (Å²) < 4.78 is 1.28. The van der Waals surface area contributed by atoms with Crippen LogP contribution in [0.5, 0.6) is 0 Å². The molecule has 0 aromatic carbocycles. The molecule has 1 atom stereocenters. The smallest absolute Gasteiger partial charge is 0.287 e. The molecule has 204 valence electrons. The van der Waals surface area contributed by atoms with Crippen LogP contribution in [0.4, 0.5) is 0 Å². The third-order valence-electron chi connectivity index (χ3n) is 6.45. The number of carbonyl (C=O) groups is 5. The van der Waals surface area contributed by atoms with E-state index in [1.54, 1.807) is 6.07 Å². The Balaban J connectivity index is 2.15. The Hall–Kier alpha value is -4.02. The molecule has 11 heteroatoms. The van der Waals surface area contributed by atoms with Gasteiger partial charge in [-0.05, 0) is 24.8 Å². The Morgan fingerprint density at radius 2 is 1.68 bits per heavy atom. The number of hydrogen-bond acceptors (Lipinski definition) is 8. The molecule has 0 radical (unpaired) electrons. The van der Waals surface area contributed by atoms with Gasteiger partial charge in [-0.3, -0.25) is 28.8 Å². The quantitative estimate of drug-likeness (QED) is 0.312. The number of carbonyl (C=O) groups excluding carboxylic acids is 5. The number of likely N-dealkylation sites (N-methyl/N-ethyl adjacent to an activating group) is 1. The summed E-state index contributed by atoms with van der Waals surface area (Å²) in [7, 11) is 1.32. The van der Waals surface area contributed by atoms with E-state index < -0.39 is 35.0 Å². The molecule has 11 nitrogen and oxygen atoms in total. The lowest BCUT2D eigenvalue weighted by Crippen LogP contribution is -2.43. The first kappa shape index (κ1) is 30.2. The maximum absolute atomic E-state index is 13.2. The van der Waals surface area contributed by atoms with Crippen LogP contribution in [-0.2, 0) is 32.1 Å².